The van der Waals surface area contributed by atoms with Crippen molar-refractivity contribution in [3.8, 4) is 11.5 Å². The Balaban J connectivity index is 2.21. The fraction of sp³-hybridized carbons (Fsp3) is 0.333. The summed E-state index contributed by atoms with van der Waals surface area (Å²) >= 11 is 0. The van der Waals surface area contributed by atoms with Crippen LogP contribution in [0.25, 0.3) is 0 Å². The van der Waals surface area contributed by atoms with Crippen LogP contribution < -0.4 is 14.8 Å². The van der Waals surface area contributed by atoms with Gasteiger partial charge in [-0.15, -0.1) is 0 Å². The van der Waals surface area contributed by atoms with Crippen LogP contribution in [0.3, 0.4) is 0 Å². The Bertz CT molecular complexity index is 623. The molecule has 0 aliphatic rings. The van der Waals surface area contributed by atoms with Gasteiger partial charge in [0.2, 0.25) is 5.91 Å². The molecule has 1 N–H and O–H groups in total. The zero-order valence-electron chi connectivity index (χ0n) is 12.6. The fourth-order valence-electron chi connectivity index (χ4n) is 1.98. The van der Waals surface area contributed by atoms with Gasteiger partial charge in [0.25, 0.3) is 0 Å². The largest absolute Gasteiger partial charge is 0.493 e. The van der Waals surface area contributed by atoms with Crippen LogP contribution in [-0.2, 0) is 4.79 Å². The molecule has 0 bridgehead atoms. The molecule has 2 rings (SSSR count). The minimum atomic E-state index is -0.396. The topological polar surface area (TPSA) is 65.4 Å². The smallest absolute Gasteiger partial charge is 0.248 e. The number of hydrogen-bond donors (Lipinski definition) is 1. The van der Waals surface area contributed by atoms with Crippen molar-refractivity contribution >= 4 is 11.6 Å². The Labute approximate surface area is 123 Å². The van der Waals surface area contributed by atoms with Gasteiger partial charge in [-0.1, -0.05) is 0 Å². The first-order valence-electron chi connectivity index (χ1n) is 6.59. The second-order valence-electron chi connectivity index (χ2n) is 4.67. The summed E-state index contributed by atoms with van der Waals surface area (Å²) in [4.78, 5) is 12.3. The lowest BCUT2D eigenvalue weighted by Gasteiger charge is -2.16. The van der Waals surface area contributed by atoms with Crippen LogP contribution in [0.2, 0.25) is 0 Å². The normalized spacial score (nSPS) is 11.8. The summed E-state index contributed by atoms with van der Waals surface area (Å²) in [5, 5.41) is 6.96. The van der Waals surface area contributed by atoms with Crippen LogP contribution in [0, 0.1) is 6.92 Å². The van der Waals surface area contributed by atoms with E-state index in [-0.39, 0.29) is 5.91 Å². The number of carbonyl (C=O) groups is 1. The van der Waals surface area contributed by atoms with Gasteiger partial charge in [-0.2, -0.15) is 5.10 Å². The summed E-state index contributed by atoms with van der Waals surface area (Å²) in [6, 6.07) is 4.97. The predicted molar refractivity (Wildman–Crippen MR) is 79.9 cm³/mol. The summed E-state index contributed by atoms with van der Waals surface area (Å²) in [5.41, 5.74) is 1.59. The Morgan fingerprint density at radius 2 is 1.95 bits per heavy atom. The first kappa shape index (κ1) is 14.9. The predicted octanol–water partition coefficient (Wildman–Crippen LogP) is 2.41. The highest BCUT2D eigenvalue weighted by atomic mass is 16.5. The number of amides is 1. The van der Waals surface area contributed by atoms with Gasteiger partial charge >= 0.3 is 0 Å². The van der Waals surface area contributed by atoms with E-state index in [4.69, 9.17) is 9.47 Å². The molecule has 0 saturated heterocycles. The molecular formula is C15H19N3O3. The number of rotatable bonds is 5. The molecule has 1 amide bonds. The molecule has 21 heavy (non-hydrogen) atoms. The first-order valence-corrected chi connectivity index (χ1v) is 6.59. The molecule has 6 nitrogen and oxygen atoms in total. The molecule has 2 aromatic rings. The highest BCUT2D eigenvalue weighted by molar-refractivity contribution is 5.94. The van der Waals surface area contributed by atoms with Crippen molar-refractivity contribution in [2.75, 3.05) is 19.5 Å². The monoisotopic (exact) mass is 289 g/mol. The van der Waals surface area contributed by atoms with Crippen molar-refractivity contribution in [3.63, 3.8) is 0 Å². The highest BCUT2D eigenvalue weighted by Gasteiger charge is 2.17. The number of hydrogen-bond acceptors (Lipinski definition) is 4. The van der Waals surface area contributed by atoms with Gasteiger partial charge in [0.05, 0.1) is 14.2 Å². The summed E-state index contributed by atoms with van der Waals surface area (Å²) < 4.78 is 12.1. The third-order valence-corrected chi connectivity index (χ3v) is 3.29. The van der Waals surface area contributed by atoms with Crippen molar-refractivity contribution in [3.05, 3.63) is 36.2 Å². The molecule has 0 aliphatic heterocycles. The van der Waals surface area contributed by atoms with Crippen LogP contribution in [-0.4, -0.2) is 29.9 Å². The quantitative estimate of drug-likeness (QED) is 0.918. The maximum absolute atomic E-state index is 12.3. The number of nitrogens with zero attached hydrogens (tertiary/aromatic N) is 2. The lowest BCUT2D eigenvalue weighted by molar-refractivity contribution is -0.119. The van der Waals surface area contributed by atoms with Gasteiger partial charge in [0, 0.05) is 24.1 Å². The van der Waals surface area contributed by atoms with Crippen LogP contribution in [0.4, 0.5) is 5.69 Å². The summed E-state index contributed by atoms with van der Waals surface area (Å²) in [6.45, 7) is 3.69. The number of nitrogens with one attached hydrogen (secondary N) is 1. The van der Waals surface area contributed by atoms with E-state index in [1.807, 2.05) is 13.0 Å². The van der Waals surface area contributed by atoms with Crippen molar-refractivity contribution in [1.29, 1.82) is 0 Å². The number of benzene rings is 1. The molecule has 0 fully saturated rings. The molecular weight excluding hydrogens is 270 g/mol. The molecule has 0 spiro atoms. The molecule has 0 radical (unpaired) electrons. The number of ether oxygens (including phenoxy) is 2. The van der Waals surface area contributed by atoms with Crippen molar-refractivity contribution in [2.24, 2.45) is 0 Å². The number of anilines is 1. The van der Waals surface area contributed by atoms with Gasteiger partial charge in [-0.3, -0.25) is 9.48 Å². The summed E-state index contributed by atoms with van der Waals surface area (Å²) in [7, 11) is 3.14. The first-order chi connectivity index (χ1) is 10.1. The molecule has 1 heterocycles. The zero-order chi connectivity index (χ0) is 15.4. The summed E-state index contributed by atoms with van der Waals surface area (Å²) in [5.74, 6) is 1.06. The maximum atomic E-state index is 12.3. The third-order valence-electron chi connectivity index (χ3n) is 3.29. The lowest BCUT2D eigenvalue weighted by Crippen LogP contribution is -2.24. The molecule has 112 valence electrons. The summed E-state index contributed by atoms with van der Waals surface area (Å²) in [6.07, 6.45) is 3.40. The van der Waals surface area contributed by atoms with Crippen LogP contribution in [0.5, 0.6) is 11.5 Å². The molecule has 0 unspecified atom stereocenters. The minimum Gasteiger partial charge on any atom is -0.493 e. The second-order valence-corrected chi connectivity index (χ2v) is 4.67. The second kappa shape index (κ2) is 6.30. The van der Waals surface area contributed by atoms with E-state index >= 15 is 0 Å². The van der Waals surface area contributed by atoms with E-state index < -0.39 is 6.04 Å². The molecule has 0 saturated carbocycles. The van der Waals surface area contributed by atoms with Gasteiger partial charge in [0.1, 0.15) is 6.04 Å². The fourth-order valence-corrected chi connectivity index (χ4v) is 1.98. The van der Waals surface area contributed by atoms with E-state index in [0.29, 0.717) is 17.2 Å². The molecule has 1 aromatic carbocycles. The van der Waals surface area contributed by atoms with Gasteiger partial charge < -0.3 is 14.8 Å². The van der Waals surface area contributed by atoms with Crippen LogP contribution in [0.15, 0.2) is 30.6 Å². The Kier molecular flexibility index (Phi) is 4.47. The molecule has 0 aliphatic carbocycles. The SMILES string of the molecule is COc1cc(C)c(NC(=O)[C@H](C)n2cccn2)cc1OC. The number of methoxy groups -OCH3 is 2. The Morgan fingerprint density at radius 3 is 2.52 bits per heavy atom. The van der Waals surface area contributed by atoms with Crippen LogP contribution in [0.1, 0.15) is 18.5 Å². The maximum Gasteiger partial charge on any atom is 0.248 e. The van der Waals surface area contributed by atoms with Crippen molar-refractivity contribution in [2.45, 2.75) is 19.9 Å². The molecule has 1 aromatic heterocycles. The number of aryl methyl sites for hydroxylation is 1. The van der Waals surface area contributed by atoms with E-state index in [0.717, 1.165) is 5.56 Å². The van der Waals surface area contributed by atoms with Crippen molar-refractivity contribution < 1.29 is 14.3 Å². The van der Waals surface area contributed by atoms with E-state index in [1.54, 1.807) is 50.4 Å². The number of aromatic nitrogens is 2. The zero-order valence-corrected chi connectivity index (χ0v) is 12.6. The van der Waals surface area contributed by atoms with Gasteiger partial charge in [-0.25, -0.2) is 0 Å². The average Bonchev–Trinajstić information content (AvgIpc) is 3.02. The molecule has 6 heteroatoms. The van der Waals surface area contributed by atoms with Gasteiger partial charge in [-0.05, 0) is 31.5 Å². The molecule has 1 atom stereocenters. The highest BCUT2D eigenvalue weighted by Crippen LogP contribution is 2.33. The lowest BCUT2D eigenvalue weighted by atomic mass is 10.1. The van der Waals surface area contributed by atoms with E-state index in [9.17, 15) is 4.79 Å². The average molecular weight is 289 g/mol. The minimum absolute atomic E-state index is 0.144. The van der Waals surface area contributed by atoms with Crippen LogP contribution >= 0.6 is 0 Å². The van der Waals surface area contributed by atoms with E-state index in [2.05, 4.69) is 10.4 Å². The number of carbonyl (C=O) groups excluding carboxylic acids is 1. The van der Waals surface area contributed by atoms with E-state index in [1.165, 1.54) is 0 Å². The standard InChI is InChI=1S/C15H19N3O3/c1-10-8-13(20-3)14(21-4)9-12(10)17-15(19)11(2)18-7-5-6-16-18/h5-9,11H,1-4H3,(H,17,19)/t11-/m0/s1. The Hall–Kier alpha value is -2.50. The van der Waals surface area contributed by atoms with Crippen molar-refractivity contribution in [1.82, 2.24) is 9.78 Å². The third kappa shape index (κ3) is 3.16. The Morgan fingerprint density at radius 1 is 1.29 bits per heavy atom. The van der Waals surface area contributed by atoms with Gasteiger partial charge in [0.15, 0.2) is 11.5 Å².